The molecule has 0 aromatic rings. The van der Waals surface area contributed by atoms with Crippen molar-refractivity contribution in [3.05, 3.63) is 0 Å². The van der Waals surface area contributed by atoms with E-state index in [4.69, 9.17) is 4.55 Å². The molecule has 0 heterocycles. The van der Waals surface area contributed by atoms with Crippen LogP contribution in [0.3, 0.4) is 0 Å². The Labute approximate surface area is 80.5 Å². The molecule has 0 spiro atoms. The molecule has 3 nitrogen and oxygen atoms in total. The van der Waals surface area contributed by atoms with Crippen molar-refractivity contribution >= 4 is 29.0 Å². The van der Waals surface area contributed by atoms with E-state index in [0.717, 1.165) is 6.42 Å². The molecular weight excluding hydrogens is 159 g/mol. The van der Waals surface area contributed by atoms with Crippen LogP contribution >= 0.6 is 0 Å². The van der Waals surface area contributed by atoms with Crippen LogP contribution in [-0.4, -0.2) is 37.6 Å². The first-order chi connectivity index (χ1) is 4.42. The van der Waals surface area contributed by atoms with E-state index < -0.39 is 10.1 Å². The van der Waals surface area contributed by atoms with Crippen molar-refractivity contribution in [2.45, 2.75) is 26.7 Å². The minimum atomic E-state index is -3.72. The summed E-state index contributed by atoms with van der Waals surface area (Å²) in [7, 11) is -3.72. The molecule has 11 heavy (non-hydrogen) atoms. The molecule has 0 aliphatic heterocycles. The molecule has 0 saturated heterocycles. The summed E-state index contributed by atoms with van der Waals surface area (Å²) in [5.41, 5.74) is 0. The monoisotopic (exact) mass is 174 g/mol. The van der Waals surface area contributed by atoms with Crippen LogP contribution in [0.5, 0.6) is 0 Å². The van der Waals surface area contributed by atoms with Gasteiger partial charge in [-0.3, -0.25) is 4.55 Å². The molecule has 0 atom stereocenters. The van der Waals surface area contributed by atoms with Gasteiger partial charge in [0, 0.05) is 0 Å². The Morgan fingerprint density at radius 1 is 1.36 bits per heavy atom. The van der Waals surface area contributed by atoms with Crippen LogP contribution in [0, 0.1) is 5.92 Å². The van der Waals surface area contributed by atoms with Crippen molar-refractivity contribution in [1.29, 1.82) is 0 Å². The van der Waals surface area contributed by atoms with Crippen molar-refractivity contribution in [1.82, 2.24) is 0 Å². The molecule has 0 aromatic carbocycles. The predicted octanol–water partition coefficient (Wildman–Crippen LogP) is 0.662. The number of hydrogen-bond donors (Lipinski definition) is 1. The average molecular weight is 174 g/mol. The molecular formula is C6H15LiO3S. The second-order valence-corrected chi connectivity index (χ2v) is 4.39. The Kier molecular flexibility index (Phi) is 7.76. The molecule has 0 unspecified atom stereocenters. The van der Waals surface area contributed by atoms with Gasteiger partial charge in [0.05, 0.1) is 5.75 Å². The van der Waals surface area contributed by atoms with Gasteiger partial charge < -0.3 is 0 Å². The molecule has 0 radical (unpaired) electrons. The molecule has 5 heteroatoms. The standard InChI is InChI=1S/C6H14O3S.Li.H/c1-6(2)4-3-5-10(7,8)9;;/h6H,3-5H2,1-2H3,(H,7,8,9);;. The van der Waals surface area contributed by atoms with E-state index in [9.17, 15) is 8.42 Å². The summed E-state index contributed by atoms with van der Waals surface area (Å²) in [6, 6.07) is 0. The van der Waals surface area contributed by atoms with E-state index in [1.165, 1.54) is 0 Å². The van der Waals surface area contributed by atoms with Gasteiger partial charge in [-0.25, -0.2) is 0 Å². The van der Waals surface area contributed by atoms with Crippen molar-refractivity contribution in [2.75, 3.05) is 5.75 Å². The van der Waals surface area contributed by atoms with Crippen LogP contribution in [0.4, 0.5) is 0 Å². The van der Waals surface area contributed by atoms with Gasteiger partial charge in [0.25, 0.3) is 10.1 Å². The molecule has 0 aromatic heterocycles. The molecule has 0 amide bonds. The molecule has 0 bridgehead atoms. The summed E-state index contributed by atoms with van der Waals surface area (Å²) < 4.78 is 28.6. The maximum absolute atomic E-state index is 10.2. The van der Waals surface area contributed by atoms with Gasteiger partial charge in [0.15, 0.2) is 0 Å². The summed E-state index contributed by atoms with van der Waals surface area (Å²) in [6.07, 6.45) is 1.40. The van der Waals surface area contributed by atoms with Gasteiger partial charge in [-0.1, -0.05) is 13.8 Å². The number of hydrogen-bond acceptors (Lipinski definition) is 2. The van der Waals surface area contributed by atoms with Gasteiger partial charge in [-0.2, -0.15) is 8.42 Å². The first kappa shape index (κ1) is 14.1. The molecule has 1 N–H and O–H groups in total. The van der Waals surface area contributed by atoms with Crippen molar-refractivity contribution in [3.8, 4) is 0 Å². The zero-order chi connectivity index (χ0) is 8.20. The SMILES string of the molecule is CC(C)CCCS(=O)(=O)O.[LiH]. The second kappa shape index (κ2) is 6.07. The van der Waals surface area contributed by atoms with Crippen LogP contribution < -0.4 is 0 Å². The summed E-state index contributed by atoms with van der Waals surface area (Å²) in [5.74, 6) is 0.396. The molecule has 0 aliphatic rings. The van der Waals surface area contributed by atoms with Crippen molar-refractivity contribution in [3.63, 3.8) is 0 Å². The Balaban J connectivity index is 0. The van der Waals surface area contributed by atoms with Crippen LogP contribution in [0.15, 0.2) is 0 Å². The Hall–Kier alpha value is 0.507. The quantitative estimate of drug-likeness (QED) is 0.503. The Bertz CT molecular complexity index is 174. The summed E-state index contributed by atoms with van der Waals surface area (Å²) in [6.45, 7) is 4.04. The van der Waals surface area contributed by atoms with Crippen molar-refractivity contribution < 1.29 is 13.0 Å². The van der Waals surface area contributed by atoms with E-state index >= 15 is 0 Å². The van der Waals surface area contributed by atoms with Crippen molar-refractivity contribution in [2.24, 2.45) is 5.92 Å². The molecule has 0 rings (SSSR count). The summed E-state index contributed by atoms with van der Waals surface area (Å²) >= 11 is 0. The fourth-order valence-corrected chi connectivity index (χ4v) is 1.21. The third-order valence-corrected chi connectivity index (χ3v) is 1.99. The third kappa shape index (κ3) is 13.5. The predicted molar refractivity (Wildman–Crippen MR) is 47.6 cm³/mol. The number of rotatable bonds is 4. The van der Waals surface area contributed by atoms with Gasteiger partial charge >= 0.3 is 18.9 Å². The molecule has 0 saturated carbocycles. The van der Waals surface area contributed by atoms with E-state index in [-0.39, 0.29) is 24.6 Å². The zero-order valence-electron chi connectivity index (χ0n) is 6.37. The normalized spacial score (nSPS) is 11.3. The molecule has 0 fully saturated rings. The van der Waals surface area contributed by atoms with Crippen LogP contribution in [0.2, 0.25) is 0 Å². The van der Waals surface area contributed by atoms with Gasteiger partial charge in [0.2, 0.25) is 0 Å². The first-order valence-electron chi connectivity index (χ1n) is 3.37. The van der Waals surface area contributed by atoms with E-state index in [1.807, 2.05) is 13.8 Å². The Morgan fingerprint density at radius 2 is 1.82 bits per heavy atom. The summed E-state index contributed by atoms with van der Waals surface area (Å²) in [5, 5.41) is 0. The maximum atomic E-state index is 10.2. The van der Waals surface area contributed by atoms with E-state index in [0.29, 0.717) is 12.3 Å². The van der Waals surface area contributed by atoms with E-state index in [2.05, 4.69) is 0 Å². The van der Waals surface area contributed by atoms with Crippen LogP contribution in [0.25, 0.3) is 0 Å². The van der Waals surface area contributed by atoms with E-state index in [1.54, 1.807) is 0 Å². The second-order valence-electron chi connectivity index (χ2n) is 2.82. The van der Waals surface area contributed by atoms with Gasteiger partial charge in [-0.15, -0.1) is 0 Å². The third-order valence-electron chi connectivity index (χ3n) is 1.18. The first-order valence-corrected chi connectivity index (χ1v) is 4.98. The zero-order valence-corrected chi connectivity index (χ0v) is 7.19. The Morgan fingerprint density at radius 3 is 2.09 bits per heavy atom. The summed E-state index contributed by atoms with van der Waals surface area (Å²) in [4.78, 5) is 0. The molecule has 0 aliphatic carbocycles. The topological polar surface area (TPSA) is 54.4 Å². The van der Waals surface area contributed by atoms with Gasteiger partial charge in [0.1, 0.15) is 0 Å². The van der Waals surface area contributed by atoms with Crippen LogP contribution in [-0.2, 0) is 10.1 Å². The van der Waals surface area contributed by atoms with Crippen LogP contribution in [0.1, 0.15) is 26.7 Å². The fraction of sp³-hybridized carbons (Fsp3) is 1.00. The minimum absolute atomic E-state index is 0. The fourth-order valence-electron chi connectivity index (χ4n) is 0.674. The molecule has 64 valence electrons. The average Bonchev–Trinajstić information content (AvgIpc) is 1.59. The van der Waals surface area contributed by atoms with Gasteiger partial charge in [-0.05, 0) is 18.8 Å².